The van der Waals surface area contributed by atoms with E-state index < -0.39 is 0 Å². The van der Waals surface area contributed by atoms with Crippen molar-refractivity contribution in [1.29, 1.82) is 0 Å². The van der Waals surface area contributed by atoms with Crippen LogP contribution in [-0.4, -0.2) is 46.3 Å². The third-order valence-electron chi connectivity index (χ3n) is 6.74. The number of hydrogen-bond acceptors (Lipinski definition) is 3. The lowest BCUT2D eigenvalue weighted by atomic mass is 9.85. The summed E-state index contributed by atoms with van der Waals surface area (Å²) in [5, 5.41) is 8.07. The first-order valence-corrected chi connectivity index (χ1v) is 10.9. The number of likely N-dealkylation sites (tertiary alicyclic amines) is 1. The second-order valence-corrected chi connectivity index (χ2v) is 8.56. The first-order chi connectivity index (χ1) is 12.8. The van der Waals surface area contributed by atoms with Crippen LogP contribution in [0, 0.1) is 5.92 Å². The molecule has 2 aliphatic heterocycles. The fourth-order valence-corrected chi connectivity index (χ4v) is 5.17. The molecule has 6 heteroatoms. The lowest BCUT2D eigenvalue weighted by Crippen LogP contribution is -2.36. The molecular weight excluding hydrogens is 360 g/mol. The third-order valence-corrected chi connectivity index (χ3v) is 6.74. The molecule has 5 nitrogen and oxygen atoms in total. The Bertz CT molecular complexity index is 593. The molecule has 1 aromatic heterocycles. The van der Waals surface area contributed by atoms with Crippen molar-refractivity contribution in [3.8, 4) is 0 Å². The lowest BCUT2D eigenvalue weighted by molar-refractivity contribution is 0.0716. The van der Waals surface area contributed by atoms with Crippen molar-refractivity contribution in [1.82, 2.24) is 20.0 Å². The fraction of sp³-hybridized carbons (Fsp3) is 0.810. The number of carbonyl (C=O) groups excluding carboxylic acids is 1. The van der Waals surface area contributed by atoms with Gasteiger partial charge in [-0.1, -0.05) is 32.1 Å². The Balaban J connectivity index is 0.00000210. The fourth-order valence-electron chi connectivity index (χ4n) is 5.17. The van der Waals surface area contributed by atoms with E-state index >= 15 is 0 Å². The van der Waals surface area contributed by atoms with Crippen LogP contribution in [0.4, 0.5) is 0 Å². The highest BCUT2D eigenvalue weighted by Gasteiger charge is 2.31. The summed E-state index contributed by atoms with van der Waals surface area (Å²) >= 11 is 0. The van der Waals surface area contributed by atoms with Crippen LogP contribution in [-0.2, 0) is 0 Å². The SMILES string of the molecule is Cl.O=C(c1ccn(C2CCCNC2)n1)N1CCCC1CCC1CCCCC1. The van der Waals surface area contributed by atoms with Crippen molar-refractivity contribution in [2.24, 2.45) is 5.92 Å². The second kappa shape index (κ2) is 9.92. The molecule has 3 fully saturated rings. The molecular formula is C21H35ClN4O. The Morgan fingerprint density at radius 1 is 1.07 bits per heavy atom. The van der Waals surface area contributed by atoms with Crippen molar-refractivity contribution in [3.63, 3.8) is 0 Å². The number of aromatic nitrogens is 2. The van der Waals surface area contributed by atoms with E-state index in [1.165, 1.54) is 57.8 Å². The normalized spacial score (nSPS) is 26.7. The van der Waals surface area contributed by atoms with Gasteiger partial charge < -0.3 is 10.2 Å². The van der Waals surface area contributed by atoms with Crippen molar-refractivity contribution >= 4 is 18.3 Å². The predicted molar refractivity (Wildman–Crippen MR) is 110 cm³/mol. The van der Waals surface area contributed by atoms with Gasteiger partial charge >= 0.3 is 0 Å². The summed E-state index contributed by atoms with van der Waals surface area (Å²) in [5.74, 6) is 1.05. The third kappa shape index (κ3) is 5.05. The van der Waals surface area contributed by atoms with Crippen molar-refractivity contribution in [2.45, 2.75) is 82.7 Å². The molecule has 2 unspecified atom stereocenters. The van der Waals surface area contributed by atoms with E-state index in [2.05, 4.69) is 15.3 Å². The summed E-state index contributed by atoms with van der Waals surface area (Å²) in [6.45, 7) is 2.97. The number of carbonyl (C=O) groups is 1. The first kappa shape index (κ1) is 20.7. The topological polar surface area (TPSA) is 50.2 Å². The van der Waals surface area contributed by atoms with Crippen molar-refractivity contribution in [2.75, 3.05) is 19.6 Å². The van der Waals surface area contributed by atoms with E-state index in [0.29, 0.717) is 17.8 Å². The highest BCUT2D eigenvalue weighted by molar-refractivity contribution is 5.92. The van der Waals surface area contributed by atoms with Crippen LogP contribution >= 0.6 is 12.4 Å². The molecule has 2 saturated heterocycles. The number of rotatable bonds is 5. The largest absolute Gasteiger partial charge is 0.334 e. The number of nitrogens with zero attached hydrogens (tertiary/aromatic N) is 3. The Kier molecular flexibility index (Phi) is 7.59. The minimum atomic E-state index is 0. The molecule has 3 heterocycles. The van der Waals surface area contributed by atoms with E-state index in [1.54, 1.807) is 0 Å². The molecule has 1 saturated carbocycles. The molecule has 0 aromatic carbocycles. The van der Waals surface area contributed by atoms with Gasteiger partial charge in [0.1, 0.15) is 5.69 Å². The van der Waals surface area contributed by atoms with Crippen LogP contribution in [0.1, 0.15) is 87.2 Å². The zero-order valence-corrected chi connectivity index (χ0v) is 17.3. The molecule has 1 aromatic rings. The molecule has 0 spiro atoms. The second-order valence-electron chi connectivity index (χ2n) is 8.56. The Hall–Kier alpha value is -1.07. The maximum absolute atomic E-state index is 13.0. The van der Waals surface area contributed by atoms with Gasteiger partial charge in [-0.05, 0) is 57.1 Å². The number of nitrogens with one attached hydrogen (secondary N) is 1. The average Bonchev–Trinajstić information content (AvgIpc) is 3.37. The van der Waals surface area contributed by atoms with Crippen LogP contribution in [0.15, 0.2) is 12.3 Å². The molecule has 27 heavy (non-hydrogen) atoms. The van der Waals surface area contributed by atoms with E-state index in [4.69, 9.17) is 0 Å². The summed E-state index contributed by atoms with van der Waals surface area (Å²) in [7, 11) is 0. The van der Waals surface area contributed by atoms with Gasteiger partial charge in [-0.15, -0.1) is 12.4 Å². The molecule has 0 bridgehead atoms. The number of amides is 1. The maximum atomic E-state index is 13.0. The molecule has 3 aliphatic rings. The number of piperidine rings is 1. The van der Waals surface area contributed by atoms with Crippen LogP contribution in [0.3, 0.4) is 0 Å². The monoisotopic (exact) mass is 394 g/mol. The average molecular weight is 395 g/mol. The summed E-state index contributed by atoms with van der Waals surface area (Å²) < 4.78 is 2.01. The Morgan fingerprint density at radius 2 is 1.93 bits per heavy atom. The zero-order valence-electron chi connectivity index (χ0n) is 16.4. The van der Waals surface area contributed by atoms with E-state index in [1.807, 2.05) is 16.9 Å². The van der Waals surface area contributed by atoms with Crippen molar-refractivity contribution < 1.29 is 4.79 Å². The highest BCUT2D eigenvalue weighted by Crippen LogP contribution is 2.31. The van der Waals surface area contributed by atoms with E-state index in [-0.39, 0.29) is 18.3 Å². The summed E-state index contributed by atoms with van der Waals surface area (Å²) in [4.78, 5) is 15.2. The molecule has 2 atom stereocenters. The molecule has 152 valence electrons. The van der Waals surface area contributed by atoms with Gasteiger partial charge in [0.25, 0.3) is 5.91 Å². The van der Waals surface area contributed by atoms with Crippen LogP contribution in [0.5, 0.6) is 0 Å². The minimum absolute atomic E-state index is 0. The van der Waals surface area contributed by atoms with Crippen LogP contribution < -0.4 is 5.32 Å². The van der Waals surface area contributed by atoms with Crippen LogP contribution in [0.25, 0.3) is 0 Å². The number of hydrogen-bond donors (Lipinski definition) is 1. The standard InChI is InChI=1S/C21H34N4O.ClH/c26-21(20-12-15-25(23-20)19-8-4-13-22-16-19)24-14-5-9-18(24)11-10-17-6-2-1-3-7-17;/h12,15,17-19,22H,1-11,13-14,16H2;1H. The van der Waals surface area contributed by atoms with Gasteiger partial charge in [0.2, 0.25) is 0 Å². The molecule has 4 rings (SSSR count). The van der Waals surface area contributed by atoms with E-state index in [0.717, 1.165) is 38.4 Å². The van der Waals surface area contributed by atoms with Crippen molar-refractivity contribution in [3.05, 3.63) is 18.0 Å². The highest BCUT2D eigenvalue weighted by atomic mass is 35.5. The summed E-state index contributed by atoms with van der Waals surface area (Å²) in [6, 6.07) is 2.75. The molecule has 0 radical (unpaired) electrons. The lowest BCUT2D eigenvalue weighted by Gasteiger charge is -2.27. The van der Waals surface area contributed by atoms with Gasteiger partial charge in [0.05, 0.1) is 6.04 Å². The molecule has 1 N–H and O–H groups in total. The number of halogens is 1. The minimum Gasteiger partial charge on any atom is -0.334 e. The maximum Gasteiger partial charge on any atom is 0.274 e. The Labute approximate surface area is 169 Å². The first-order valence-electron chi connectivity index (χ1n) is 10.9. The smallest absolute Gasteiger partial charge is 0.274 e. The van der Waals surface area contributed by atoms with Gasteiger partial charge in [-0.2, -0.15) is 5.10 Å². The molecule has 1 aliphatic carbocycles. The summed E-state index contributed by atoms with van der Waals surface area (Å²) in [6.07, 6.45) is 16.2. The van der Waals surface area contributed by atoms with Gasteiger partial charge in [0.15, 0.2) is 0 Å². The summed E-state index contributed by atoms with van der Waals surface area (Å²) in [5.41, 5.74) is 0.639. The quantitative estimate of drug-likeness (QED) is 0.814. The zero-order chi connectivity index (χ0) is 17.8. The van der Waals surface area contributed by atoms with E-state index in [9.17, 15) is 4.79 Å². The van der Waals surface area contributed by atoms with Gasteiger partial charge in [-0.25, -0.2) is 0 Å². The predicted octanol–water partition coefficient (Wildman–Crippen LogP) is 4.19. The van der Waals surface area contributed by atoms with Crippen LogP contribution in [0.2, 0.25) is 0 Å². The molecule has 1 amide bonds. The Morgan fingerprint density at radius 3 is 2.70 bits per heavy atom. The van der Waals surface area contributed by atoms with Gasteiger partial charge in [0, 0.05) is 25.3 Å². The van der Waals surface area contributed by atoms with Gasteiger partial charge in [-0.3, -0.25) is 9.48 Å².